The summed E-state index contributed by atoms with van der Waals surface area (Å²) in [5, 5.41) is 4.10. The Kier molecular flexibility index (Phi) is 4.37. The summed E-state index contributed by atoms with van der Waals surface area (Å²) in [7, 11) is 2.07. The first-order valence-corrected chi connectivity index (χ1v) is 8.58. The molecule has 0 saturated carbocycles. The van der Waals surface area contributed by atoms with Gasteiger partial charge in [-0.25, -0.2) is 0 Å². The van der Waals surface area contributed by atoms with Crippen LogP contribution in [0.2, 0.25) is 0 Å². The average Bonchev–Trinajstić information content (AvgIpc) is 2.92. The van der Waals surface area contributed by atoms with Crippen LogP contribution >= 0.6 is 11.8 Å². The third-order valence-corrected chi connectivity index (χ3v) is 5.71. The van der Waals surface area contributed by atoms with Crippen molar-refractivity contribution in [3.63, 3.8) is 0 Å². The molecule has 1 aliphatic heterocycles. The van der Waals surface area contributed by atoms with Gasteiger partial charge in [-0.2, -0.15) is 0 Å². The van der Waals surface area contributed by atoms with Crippen molar-refractivity contribution in [2.45, 2.75) is 42.4 Å². The molecule has 2 aromatic carbocycles. The van der Waals surface area contributed by atoms with E-state index in [4.69, 9.17) is 0 Å². The lowest BCUT2D eigenvalue weighted by Gasteiger charge is -2.23. The van der Waals surface area contributed by atoms with Gasteiger partial charge in [0, 0.05) is 16.2 Å². The quantitative estimate of drug-likeness (QED) is 0.871. The second-order valence-corrected chi connectivity index (χ2v) is 7.34. The molecule has 1 N–H and O–H groups in total. The van der Waals surface area contributed by atoms with E-state index in [0.717, 1.165) is 6.42 Å². The third-order valence-electron chi connectivity index (χ3n) is 4.32. The van der Waals surface area contributed by atoms with Crippen molar-refractivity contribution in [3.05, 3.63) is 65.2 Å². The minimum atomic E-state index is 0.406. The molecule has 0 aromatic heterocycles. The van der Waals surface area contributed by atoms with Crippen LogP contribution in [0.1, 0.15) is 42.5 Å². The molecule has 2 heteroatoms. The molecule has 110 valence electrons. The van der Waals surface area contributed by atoms with Gasteiger partial charge in [-0.3, -0.25) is 0 Å². The topological polar surface area (TPSA) is 12.0 Å². The maximum absolute atomic E-state index is 3.52. The van der Waals surface area contributed by atoms with Crippen molar-refractivity contribution in [1.82, 2.24) is 5.32 Å². The fourth-order valence-corrected chi connectivity index (χ4v) is 4.53. The Labute approximate surface area is 132 Å². The van der Waals surface area contributed by atoms with Gasteiger partial charge in [0.25, 0.3) is 0 Å². The van der Waals surface area contributed by atoms with E-state index in [1.807, 2.05) is 11.8 Å². The van der Waals surface area contributed by atoms with Crippen molar-refractivity contribution >= 4 is 11.8 Å². The number of fused-ring (bicyclic) bond motifs is 1. The summed E-state index contributed by atoms with van der Waals surface area (Å²) in [4.78, 5) is 1.45. The summed E-state index contributed by atoms with van der Waals surface area (Å²) in [6.45, 7) is 4.49. The second-order valence-electron chi connectivity index (χ2n) is 6.06. The van der Waals surface area contributed by atoms with Crippen LogP contribution in [0.5, 0.6) is 0 Å². The summed E-state index contributed by atoms with van der Waals surface area (Å²) >= 11 is 2.01. The van der Waals surface area contributed by atoms with Crippen LogP contribution in [0.15, 0.2) is 53.4 Å². The predicted molar refractivity (Wildman–Crippen MR) is 92.1 cm³/mol. The lowest BCUT2D eigenvalue weighted by molar-refractivity contribution is 0.568. The first-order chi connectivity index (χ1) is 10.2. The van der Waals surface area contributed by atoms with Gasteiger partial charge >= 0.3 is 0 Å². The second kappa shape index (κ2) is 6.25. The number of hydrogen-bond donors (Lipinski definition) is 1. The number of hydrogen-bond acceptors (Lipinski definition) is 2. The molecule has 2 atom stereocenters. The molecule has 2 aromatic rings. The zero-order chi connectivity index (χ0) is 14.8. The number of nitrogens with one attached hydrogen (secondary N) is 1. The number of rotatable bonds is 4. The predicted octanol–water partition coefficient (Wildman–Crippen LogP) is 4.79. The van der Waals surface area contributed by atoms with E-state index >= 15 is 0 Å². The minimum Gasteiger partial charge on any atom is -0.312 e. The van der Waals surface area contributed by atoms with Gasteiger partial charge in [0.1, 0.15) is 0 Å². The SMILES string of the molecule is CNC(c1ccc(C(C)C)cc1)C1Cc2ccccc2S1. The lowest BCUT2D eigenvalue weighted by atomic mass is 9.95. The van der Waals surface area contributed by atoms with Crippen LogP contribution < -0.4 is 5.32 Å². The van der Waals surface area contributed by atoms with Crippen LogP contribution in [-0.4, -0.2) is 12.3 Å². The third kappa shape index (κ3) is 3.02. The Bertz CT molecular complexity index is 578. The Balaban J connectivity index is 1.80. The molecule has 0 spiro atoms. The van der Waals surface area contributed by atoms with Crippen molar-refractivity contribution in [1.29, 1.82) is 0 Å². The van der Waals surface area contributed by atoms with Gasteiger partial charge in [-0.05, 0) is 42.1 Å². The molecule has 21 heavy (non-hydrogen) atoms. The van der Waals surface area contributed by atoms with E-state index in [1.165, 1.54) is 21.6 Å². The van der Waals surface area contributed by atoms with E-state index in [1.54, 1.807) is 0 Å². The Hall–Kier alpha value is -1.25. The fourth-order valence-electron chi connectivity index (χ4n) is 3.05. The van der Waals surface area contributed by atoms with Crippen LogP contribution in [0.3, 0.4) is 0 Å². The van der Waals surface area contributed by atoms with Gasteiger partial charge in [0.05, 0.1) is 0 Å². The molecular formula is C19H23NS. The molecule has 0 radical (unpaired) electrons. The molecule has 0 amide bonds. The summed E-state index contributed by atoms with van der Waals surface area (Å²) < 4.78 is 0. The van der Waals surface area contributed by atoms with E-state index in [0.29, 0.717) is 17.2 Å². The first kappa shape index (κ1) is 14.7. The maximum Gasteiger partial charge on any atom is 0.0444 e. The molecular weight excluding hydrogens is 274 g/mol. The van der Waals surface area contributed by atoms with Gasteiger partial charge in [0.2, 0.25) is 0 Å². The van der Waals surface area contributed by atoms with E-state index in [2.05, 4.69) is 74.7 Å². The molecule has 0 saturated heterocycles. The van der Waals surface area contributed by atoms with Crippen molar-refractivity contribution in [2.24, 2.45) is 0 Å². The molecule has 0 fully saturated rings. The van der Waals surface area contributed by atoms with Crippen LogP contribution in [-0.2, 0) is 6.42 Å². The van der Waals surface area contributed by atoms with E-state index in [9.17, 15) is 0 Å². The van der Waals surface area contributed by atoms with Crippen molar-refractivity contribution in [2.75, 3.05) is 7.05 Å². The highest BCUT2D eigenvalue weighted by Gasteiger charge is 2.29. The average molecular weight is 297 g/mol. The Morgan fingerprint density at radius 1 is 1.00 bits per heavy atom. The molecule has 1 nitrogen and oxygen atoms in total. The molecule has 0 aliphatic carbocycles. The zero-order valence-corrected chi connectivity index (χ0v) is 13.8. The smallest absolute Gasteiger partial charge is 0.0444 e. The lowest BCUT2D eigenvalue weighted by Crippen LogP contribution is -2.27. The minimum absolute atomic E-state index is 0.406. The number of thioether (sulfide) groups is 1. The maximum atomic E-state index is 3.52. The molecule has 2 unspecified atom stereocenters. The van der Waals surface area contributed by atoms with E-state index in [-0.39, 0.29) is 0 Å². The Morgan fingerprint density at radius 3 is 2.29 bits per heavy atom. The van der Waals surface area contributed by atoms with Crippen LogP contribution in [0.4, 0.5) is 0 Å². The summed E-state index contributed by atoms with van der Waals surface area (Å²) in [5.74, 6) is 0.595. The highest BCUT2D eigenvalue weighted by molar-refractivity contribution is 8.00. The summed E-state index contributed by atoms with van der Waals surface area (Å²) in [5.41, 5.74) is 4.30. The highest BCUT2D eigenvalue weighted by Crippen LogP contribution is 2.42. The summed E-state index contributed by atoms with van der Waals surface area (Å²) in [6, 6.07) is 18.3. The van der Waals surface area contributed by atoms with Gasteiger partial charge < -0.3 is 5.32 Å². The molecule has 1 heterocycles. The zero-order valence-electron chi connectivity index (χ0n) is 13.0. The monoisotopic (exact) mass is 297 g/mol. The largest absolute Gasteiger partial charge is 0.312 e. The van der Waals surface area contributed by atoms with Crippen LogP contribution in [0, 0.1) is 0 Å². The summed E-state index contributed by atoms with van der Waals surface area (Å²) in [6.07, 6.45) is 1.15. The highest BCUT2D eigenvalue weighted by atomic mass is 32.2. The fraction of sp³-hybridized carbons (Fsp3) is 0.368. The standard InChI is InChI=1S/C19H23NS/c1-13(2)14-8-10-15(11-9-14)19(20-3)18-12-16-6-4-5-7-17(16)21-18/h4-11,13,18-20H,12H2,1-3H3. The van der Waals surface area contributed by atoms with Crippen LogP contribution in [0.25, 0.3) is 0 Å². The normalized spacial score (nSPS) is 18.8. The van der Waals surface area contributed by atoms with E-state index < -0.39 is 0 Å². The van der Waals surface area contributed by atoms with Gasteiger partial charge in [0.15, 0.2) is 0 Å². The first-order valence-electron chi connectivity index (χ1n) is 7.70. The number of benzene rings is 2. The van der Waals surface area contributed by atoms with Crippen molar-refractivity contribution in [3.8, 4) is 0 Å². The molecule has 1 aliphatic rings. The molecule has 3 rings (SSSR count). The Morgan fingerprint density at radius 2 is 1.67 bits per heavy atom. The van der Waals surface area contributed by atoms with Gasteiger partial charge in [-0.1, -0.05) is 56.3 Å². The molecule has 0 bridgehead atoms. The van der Waals surface area contributed by atoms with Gasteiger partial charge in [-0.15, -0.1) is 11.8 Å². The van der Waals surface area contributed by atoms with Crippen molar-refractivity contribution < 1.29 is 0 Å².